The van der Waals surface area contributed by atoms with Crippen LogP contribution in [0.15, 0.2) is 52.5 Å². The highest BCUT2D eigenvalue weighted by molar-refractivity contribution is 7.89. The third-order valence-electron chi connectivity index (χ3n) is 4.86. The number of nitrogens with one attached hydrogen (secondary N) is 2. The fraction of sp³-hybridized carbons (Fsp3) is 0.391. The Morgan fingerprint density at radius 1 is 1.18 bits per heavy atom. The maximum absolute atomic E-state index is 12.7. The number of methoxy groups -OCH3 is 1. The molecule has 1 fully saturated rings. The Morgan fingerprint density at radius 2 is 1.88 bits per heavy atom. The van der Waals surface area contributed by atoms with E-state index in [4.69, 9.17) is 26.4 Å². The Balaban J connectivity index is 1.54. The van der Waals surface area contributed by atoms with Crippen molar-refractivity contribution in [2.75, 3.05) is 45.3 Å². The zero-order valence-electron chi connectivity index (χ0n) is 19.5. The lowest BCUT2D eigenvalue weighted by atomic mass is 10.2. The van der Waals surface area contributed by atoms with Crippen molar-refractivity contribution in [3.63, 3.8) is 0 Å². The molecule has 3 rings (SSSR count). The number of benzene rings is 2. The maximum atomic E-state index is 12.7. The van der Waals surface area contributed by atoms with E-state index in [1.54, 1.807) is 37.6 Å². The summed E-state index contributed by atoms with van der Waals surface area (Å²) < 4.78 is 43.2. The predicted molar refractivity (Wildman–Crippen MR) is 136 cm³/mol. The molecule has 0 saturated carbocycles. The molecule has 2 N–H and O–H groups in total. The second-order valence-electron chi connectivity index (χ2n) is 7.98. The van der Waals surface area contributed by atoms with Crippen LogP contribution in [0.5, 0.6) is 11.5 Å². The van der Waals surface area contributed by atoms with Crippen LogP contribution in [0.4, 0.5) is 5.69 Å². The molecule has 34 heavy (non-hydrogen) atoms. The van der Waals surface area contributed by atoms with E-state index in [1.807, 2.05) is 18.2 Å². The molecule has 0 spiro atoms. The van der Waals surface area contributed by atoms with Gasteiger partial charge in [0.2, 0.25) is 10.0 Å². The van der Waals surface area contributed by atoms with Crippen LogP contribution in [0, 0.1) is 5.92 Å². The lowest BCUT2D eigenvalue weighted by Crippen LogP contribution is -2.40. The first-order chi connectivity index (χ1) is 16.3. The van der Waals surface area contributed by atoms with Gasteiger partial charge in [0.15, 0.2) is 16.6 Å². The number of hydrazone groups is 1. The number of nitrogens with zero attached hydrogens (tertiary/aromatic N) is 2. The van der Waals surface area contributed by atoms with E-state index in [1.165, 1.54) is 4.31 Å². The van der Waals surface area contributed by atoms with Gasteiger partial charge in [-0.25, -0.2) is 8.42 Å². The molecule has 0 aliphatic carbocycles. The van der Waals surface area contributed by atoms with Crippen molar-refractivity contribution < 1.29 is 22.6 Å². The molecule has 184 valence electrons. The van der Waals surface area contributed by atoms with Crippen molar-refractivity contribution in [1.82, 2.24) is 9.73 Å². The topological polar surface area (TPSA) is 101 Å². The third-order valence-corrected chi connectivity index (χ3v) is 6.97. The summed E-state index contributed by atoms with van der Waals surface area (Å²) in [5.41, 5.74) is 4.19. The van der Waals surface area contributed by atoms with E-state index in [-0.39, 0.29) is 10.0 Å². The van der Waals surface area contributed by atoms with Crippen molar-refractivity contribution in [3.05, 3.63) is 48.0 Å². The van der Waals surface area contributed by atoms with Gasteiger partial charge in [-0.15, -0.1) is 0 Å². The largest absolute Gasteiger partial charge is 0.493 e. The van der Waals surface area contributed by atoms with Gasteiger partial charge >= 0.3 is 0 Å². The smallest absolute Gasteiger partial charge is 0.243 e. The molecule has 1 heterocycles. The number of hydrogen-bond acceptors (Lipinski definition) is 7. The van der Waals surface area contributed by atoms with E-state index in [2.05, 4.69) is 29.7 Å². The summed E-state index contributed by atoms with van der Waals surface area (Å²) in [5.74, 6) is 1.71. The average molecular weight is 507 g/mol. The molecule has 0 atom stereocenters. The van der Waals surface area contributed by atoms with Crippen molar-refractivity contribution in [3.8, 4) is 11.5 Å². The first-order valence-electron chi connectivity index (χ1n) is 10.9. The fourth-order valence-electron chi connectivity index (χ4n) is 3.11. The van der Waals surface area contributed by atoms with E-state index in [9.17, 15) is 8.42 Å². The summed E-state index contributed by atoms with van der Waals surface area (Å²) in [6.45, 7) is 6.28. The van der Waals surface area contributed by atoms with Gasteiger partial charge in [-0.1, -0.05) is 13.8 Å². The Bertz CT molecular complexity index is 1100. The van der Waals surface area contributed by atoms with Crippen LogP contribution >= 0.6 is 12.2 Å². The average Bonchev–Trinajstić information content (AvgIpc) is 2.84. The first kappa shape index (κ1) is 25.9. The summed E-state index contributed by atoms with van der Waals surface area (Å²) in [7, 11) is -1.94. The number of thiocarbonyl (C=S) groups is 1. The number of ether oxygens (including phenoxy) is 3. The van der Waals surface area contributed by atoms with E-state index >= 15 is 0 Å². The quantitative estimate of drug-likeness (QED) is 0.304. The second kappa shape index (κ2) is 12.1. The number of anilines is 1. The van der Waals surface area contributed by atoms with Gasteiger partial charge < -0.3 is 19.5 Å². The third kappa shape index (κ3) is 7.13. The SMILES string of the molecule is COc1cc(/C=N/NC(=S)Nc2ccc(S(=O)(=O)N3CCOCC3)cc2)ccc1OCC(C)C. The molecule has 0 amide bonds. The van der Waals surface area contributed by atoms with Gasteiger partial charge in [0.1, 0.15) is 0 Å². The molecule has 1 aliphatic rings. The van der Waals surface area contributed by atoms with Crippen molar-refractivity contribution in [2.45, 2.75) is 18.7 Å². The Hall–Kier alpha value is -2.73. The minimum Gasteiger partial charge on any atom is -0.493 e. The van der Waals surface area contributed by atoms with Crippen molar-refractivity contribution in [1.29, 1.82) is 0 Å². The number of rotatable bonds is 9. The molecule has 9 nitrogen and oxygen atoms in total. The second-order valence-corrected chi connectivity index (χ2v) is 10.3. The van der Waals surface area contributed by atoms with Crippen LogP contribution in [0.1, 0.15) is 19.4 Å². The number of morpholine rings is 1. The molecule has 0 radical (unpaired) electrons. The molecule has 1 saturated heterocycles. The normalized spacial score (nSPS) is 14.8. The highest BCUT2D eigenvalue weighted by Crippen LogP contribution is 2.28. The van der Waals surface area contributed by atoms with Crippen LogP contribution in [0.2, 0.25) is 0 Å². The van der Waals surface area contributed by atoms with E-state index in [0.717, 1.165) is 5.56 Å². The molecular formula is C23H30N4O5S2. The molecule has 2 aromatic carbocycles. The summed E-state index contributed by atoms with van der Waals surface area (Å²) in [4.78, 5) is 0.228. The molecule has 2 aromatic rings. The number of hydrogen-bond donors (Lipinski definition) is 2. The monoisotopic (exact) mass is 506 g/mol. The summed E-state index contributed by atoms with van der Waals surface area (Å²) in [5, 5.41) is 7.39. The van der Waals surface area contributed by atoms with Crippen molar-refractivity contribution in [2.24, 2.45) is 11.0 Å². The lowest BCUT2D eigenvalue weighted by molar-refractivity contribution is 0.0730. The molecule has 0 unspecified atom stereocenters. The standard InChI is InChI=1S/C23H30N4O5S2/c1-17(2)16-32-21-9-4-18(14-22(21)30-3)15-24-26-23(33)25-19-5-7-20(8-6-19)34(28,29)27-10-12-31-13-11-27/h4-9,14-15,17H,10-13,16H2,1-3H3,(H2,25,26,33)/b24-15+. The Kier molecular flexibility index (Phi) is 9.22. The Morgan fingerprint density at radius 3 is 2.53 bits per heavy atom. The van der Waals surface area contributed by atoms with Gasteiger partial charge in [0.05, 0.1) is 38.0 Å². The van der Waals surface area contributed by atoms with Crippen LogP contribution in [-0.4, -0.2) is 64.1 Å². The van der Waals surface area contributed by atoms with E-state index < -0.39 is 10.0 Å². The zero-order chi connectivity index (χ0) is 24.6. The highest BCUT2D eigenvalue weighted by atomic mass is 32.2. The molecule has 11 heteroatoms. The van der Waals surface area contributed by atoms with E-state index in [0.29, 0.717) is 56.0 Å². The van der Waals surface area contributed by atoms with Crippen molar-refractivity contribution >= 4 is 39.3 Å². The maximum Gasteiger partial charge on any atom is 0.243 e. The first-order valence-corrected chi connectivity index (χ1v) is 12.7. The van der Waals surface area contributed by atoms with Gasteiger partial charge in [-0.05, 0) is 66.2 Å². The van der Waals surface area contributed by atoms with Gasteiger partial charge in [0.25, 0.3) is 0 Å². The summed E-state index contributed by atoms with van der Waals surface area (Å²) in [6.07, 6.45) is 1.61. The molecule has 1 aliphatic heterocycles. The van der Waals surface area contributed by atoms with Crippen LogP contribution in [0.3, 0.4) is 0 Å². The molecular weight excluding hydrogens is 476 g/mol. The van der Waals surface area contributed by atoms with Crippen LogP contribution in [-0.2, 0) is 14.8 Å². The van der Waals surface area contributed by atoms with Crippen LogP contribution < -0.4 is 20.2 Å². The van der Waals surface area contributed by atoms with Gasteiger partial charge in [-0.2, -0.15) is 9.41 Å². The summed E-state index contributed by atoms with van der Waals surface area (Å²) >= 11 is 5.27. The predicted octanol–water partition coefficient (Wildman–Crippen LogP) is 3.07. The van der Waals surface area contributed by atoms with Gasteiger partial charge in [-0.3, -0.25) is 5.43 Å². The zero-order valence-corrected chi connectivity index (χ0v) is 21.1. The fourth-order valence-corrected chi connectivity index (χ4v) is 4.69. The Labute approximate surface area is 206 Å². The molecule has 0 aromatic heterocycles. The minimum absolute atomic E-state index is 0.228. The summed E-state index contributed by atoms with van der Waals surface area (Å²) in [6, 6.07) is 11.9. The number of sulfonamides is 1. The molecule has 0 bridgehead atoms. The van der Waals surface area contributed by atoms with Crippen LogP contribution in [0.25, 0.3) is 0 Å². The van der Waals surface area contributed by atoms with Gasteiger partial charge in [0, 0.05) is 18.8 Å². The highest BCUT2D eigenvalue weighted by Gasteiger charge is 2.26. The lowest BCUT2D eigenvalue weighted by Gasteiger charge is -2.26. The minimum atomic E-state index is -3.53.